The normalized spacial score (nSPS) is 13.5. The molecule has 0 unspecified atom stereocenters. The summed E-state index contributed by atoms with van der Waals surface area (Å²) >= 11 is 0. The number of amides is 2. The fourth-order valence-electron chi connectivity index (χ4n) is 2.98. The van der Waals surface area contributed by atoms with Crippen molar-refractivity contribution in [3.8, 4) is 6.07 Å². The molecule has 1 N–H and O–H groups in total. The molecule has 0 heterocycles. The molecule has 1 aromatic carbocycles. The number of carbonyl (C=O) groups is 2. The van der Waals surface area contributed by atoms with Crippen LogP contribution in [0.1, 0.15) is 51.0 Å². The molecule has 0 spiro atoms. The van der Waals surface area contributed by atoms with Crippen molar-refractivity contribution in [1.29, 1.82) is 5.26 Å². The van der Waals surface area contributed by atoms with E-state index in [1.54, 1.807) is 29.2 Å². The third-order valence-corrected chi connectivity index (χ3v) is 4.46. The predicted octanol–water partition coefficient (Wildman–Crippen LogP) is 3.63. The number of benzene rings is 1. The van der Waals surface area contributed by atoms with E-state index in [0.29, 0.717) is 24.3 Å². The van der Waals surface area contributed by atoms with E-state index in [0.717, 1.165) is 19.3 Å². The Kier molecular flexibility index (Phi) is 7.21. The van der Waals surface area contributed by atoms with E-state index in [1.165, 1.54) is 25.3 Å². The molecule has 0 atom stereocenters. The van der Waals surface area contributed by atoms with E-state index in [-0.39, 0.29) is 18.2 Å². The van der Waals surface area contributed by atoms with Gasteiger partial charge in [0.05, 0.1) is 11.3 Å². The minimum atomic E-state index is -0.189. The third kappa shape index (κ3) is 6.07. The van der Waals surface area contributed by atoms with Crippen LogP contribution in [0, 0.1) is 11.3 Å². The zero-order valence-electron chi connectivity index (χ0n) is 14.8. The lowest BCUT2D eigenvalue weighted by molar-refractivity contribution is -0.129. The molecule has 0 fully saturated rings. The standard InChI is InChI=1S/C20H25N3O2/c1-16(24)23(13-11-17-7-3-2-4-8-17)14-12-20(25)22-19-10-6-5-9-18(19)15-21/h5-7,9-10H,2-4,8,11-14H2,1H3,(H,22,25). The zero-order valence-corrected chi connectivity index (χ0v) is 14.8. The molecule has 0 bridgehead atoms. The van der Waals surface area contributed by atoms with Gasteiger partial charge >= 0.3 is 0 Å². The van der Waals surface area contributed by atoms with Gasteiger partial charge in [0.1, 0.15) is 6.07 Å². The van der Waals surface area contributed by atoms with E-state index in [1.807, 2.05) is 0 Å². The number of nitriles is 1. The summed E-state index contributed by atoms with van der Waals surface area (Å²) in [6, 6.07) is 8.95. The summed E-state index contributed by atoms with van der Waals surface area (Å²) < 4.78 is 0. The van der Waals surface area contributed by atoms with Crippen molar-refractivity contribution in [2.24, 2.45) is 0 Å². The highest BCUT2D eigenvalue weighted by molar-refractivity contribution is 5.92. The van der Waals surface area contributed by atoms with Crippen LogP contribution >= 0.6 is 0 Å². The molecule has 25 heavy (non-hydrogen) atoms. The molecule has 5 heteroatoms. The molecule has 0 aliphatic heterocycles. The van der Waals surface area contributed by atoms with Gasteiger partial charge in [-0.05, 0) is 44.2 Å². The molecular weight excluding hydrogens is 314 g/mol. The summed E-state index contributed by atoms with van der Waals surface area (Å²) in [5.41, 5.74) is 2.37. The molecule has 1 aromatic rings. The van der Waals surface area contributed by atoms with Crippen LogP contribution in [-0.2, 0) is 9.59 Å². The van der Waals surface area contributed by atoms with Crippen LogP contribution in [0.2, 0.25) is 0 Å². The van der Waals surface area contributed by atoms with Crippen molar-refractivity contribution >= 4 is 17.5 Å². The Labute approximate surface area is 149 Å². The minimum absolute atomic E-state index is 0.0124. The Morgan fingerprint density at radius 2 is 2.04 bits per heavy atom. The lowest BCUT2D eigenvalue weighted by Crippen LogP contribution is -2.33. The SMILES string of the molecule is CC(=O)N(CCC(=O)Nc1ccccc1C#N)CCC1=CCCCC1. The second kappa shape index (κ2) is 9.63. The zero-order chi connectivity index (χ0) is 18.1. The molecule has 0 saturated carbocycles. The maximum Gasteiger partial charge on any atom is 0.226 e. The predicted molar refractivity (Wildman–Crippen MR) is 97.8 cm³/mol. The number of anilines is 1. The quantitative estimate of drug-likeness (QED) is 0.771. The van der Waals surface area contributed by atoms with Crippen molar-refractivity contribution in [2.45, 2.75) is 45.4 Å². The van der Waals surface area contributed by atoms with Gasteiger partial charge in [0.15, 0.2) is 0 Å². The first-order valence-electron chi connectivity index (χ1n) is 8.82. The summed E-state index contributed by atoms with van der Waals surface area (Å²) in [6.45, 7) is 2.59. The molecule has 1 aliphatic carbocycles. The van der Waals surface area contributed by atoms with Crippen LogP contribution in [0.25, 0.3) is 0 Å². The van der Waals surface area contributed by atoms with Crippen LogP contribution in [-0.4, -0.2) is 29.8 Å². The van der Waals surface area contributed by atoms with Gasteiger partial charge in [-0.2, -0.15) is 5.26 Å². The molecule has 0 saturated heterocycles. The Hall–Kier alpha value is -2.61. The number of carbonyl (C=O) groups excluding carboxylic acids is 2. The van der Waals surface area contributed by atoms with Gasteiger partial charge in [0, 0.05) is 26.4 Å². The van der Waals surface area contributed by atoms with Gasteiger partial charge in [0.25, 0.3) is 0 Å². The maximum atomic E-state index is 12.1. The average molecular weight is 339 g/mol. The van der Waals surface area contributed by atoms with E-state index < -0.39 is 0 Å². The summed E-state index contributed by atoms with van der Waals surface area (Å²) in [4.78, 5) is 25.7. The molecule has 0 aromatic heterocycles. The number of allylic oxidation sites excluding steroid dienone is 1. The van der Waals surface area contributed by atoms with Gasteiger partial charge in [-0.3, -0.25) is 9.59 Å². The lowest BCUT2D eigenvalue weighted by atomic mass is 9.97. The molecule has 132 valence electrons. The highest BCUT2D eigenvalue weighted by Crippen LogP contribution is 2.20. The second-order valence-corrected chi connectivity index (χ2v) is 6.32. The van der Waals surface area contributed by atoms with E-state index in [4.69, 9.17) is 5.26 Å². The van der Waals surface area contributed by atoms with E-state index >= 15 is 0 Å². The Morgan fingerprint density at radius 3 is 2.72 bits per heavy atom. The van der Waals surface area contributed by atoms with Crippen molar-refractivity contribution in [3.63, 3.8) is 0 Å². The average Bonchev–Trinajstić information content (AvgIpc) is 2.62. The first-order valence-corrected chi connectivity index (χ1v) is 8.82. The Morgan fingerprint density at radius 1 is 1.24 bits per heavy atom. The minimum Gasteiger partial charge on any atom is -0.342 e. The largest absolute Gasteiger partial charge is 0.342 e. The monoisotopic (exact) mass is 339 g/mol. The topological polar surface area (TPSA) is 73.2 Å². The first-order chi connectivity index (χ1) is 12.1. The van der Waals surface area contributed by atoms with Crippen molar-refractivity contribution in [2.75, 3.05) is 18.4 Å². The Balaban J connectivity index is 1.83. The highest BCUT2D eigenvalue weighted by atomic mass is 16.2. The number of para-hydroxylation sites is 1. The first kappa shape index (κ1) is 18.7. The van der Waals surface area contributed by atoms with Crippen LogP contribution in [0.4, 0.5) is 5.69 Å². The molecule has 2 rings (SSSR count). The van der Waals surface area contributed by atoms with Crippen LogP contribution < -0.4 is 5.32 Å². The fraction of sp³-hybridized carbons (Fsp3) is 0.450. The van der Waals surface area contributed by atoms with E-state index in [9.17, 15) is 9.59 Å². The summed E-state index contributed by atoms with van der Waals surface area (Å²) in [5, 5.41) is 11.8. The van der Waals surface area contributed by atoms with Crippen LogP contribution in [0.3, 0.4) is 0 Å². The molecule has 2 amide bonds. The molecule has 5 nitrogen and oxygen atoms in total. The number of hydrogen-bond acceptors (Lipinski definition) is 3. The maximum absolute atomic E-state index is 12.1. The lowest BCUT2D eigenvalue weighted by Gasteiger charge is -2.22. The van der Waals surface area contributed by atoms with Crippen molar-refractivity contribution in [3.05, 3.63) is 41.5 Å². The fourth-order valence-corrected chi connectivity index (χ4v) is 2.98. The summed E-state index contributed by atoms with van der Waals surface area (Å²) in [7, 11) is 0. The Bertz CT molecular complexity index is 688. The van der Waals surface area contributed by atoms with E-state index in [2.05, 4.69) is 17.5 Å². The highest BCUT2D eigenvalue weighted by Gasteiger charge is 2.13. The second-order valence-electron chi connectivity index (χ2n) is 6.32. The van der Waals surface area contributed by atoms with Crippen LogP contribution in [0.5, 0.6) is 0 Å². The molecule has 1 aliphatic rings. The van der Waals surface area contributed by atoms with Crippen molar-refractivity contribution in [1.82, 2.24) is 4.90 Å². The molecule has 0 radical (unpaired) electrons. The van der Waals surface area contributed by atoms with Gasteiger partial charge < -0.3 is 10.2 Å². The smallest absolute Gasteiger partial charge is 0.226 e. The summed E-state index contributed by atoms with van der Waals surface area (Å²) in [6.07, 6.45) is 8.13. The number of nitrogens with one attached hydrogen (secondary N) is 1. The van der Waals surface area contributed by atoms with Crippen molar-refractivity contribution < 1.29 is 9.59 Å². The number of rotatable bonds is 7. The van der Waals surface area contributed by atoms with Gasteiger partial charge in [0.2, 0.25) is 11.8 Å². The van der Waals surface area contributed by atoms with Crippen LogP contribution in [0.15, 0.2) is 35.9 Å². The van der Waals surface area contributed by atoms with Gasteiger partial charge in [-0.15, -0.1) is 0 Å². The number of nitrogens with zero attached hydrogens (tertiary/aromatic N) is 2. The number of hydrogen-bond donors (Lipinski definition) is 1. The van der Waals surface area contributed by atoms with Gasteiger partial charge in [-0.25, -0.2) is 0 Å². The van der Waals surface area contributed by atoms with Gasteiger partial charge in [-0.1, -0.05) is 23.8 Å². The summed E-state index contributed by atoms with van der Waals surface area (Å²) in [5.74, 6) is -0.201. The third-order valence-electron chi connectivity index (χ3n) is 4.46. The molecular formula is C20H25N3O2.